The summed E-state index contributed by atoms with van der Waals surface area (Å²) >= 11 is 0. The van der Waals surface area contributed by atoms with Gasteiger partial charge < -0.3 is 20.8 Å². The molecule has 0 spiro atoms. The molecule has 1 unspecified atom stereocenters. The molecule has 2 amide bonds. The van der Waals surface area contributed by atoms with Gasteiger partial charge in [0.15, 0.2) is 0 Å². The van der Waals surface area contributed by atoms with Gasteiger partial charge in [0, 0.05) is 36.9 Å². The van der Waals surface area contributed by atoms with E-state index in [1.54, 1.807) is 6.92 Å². The molecule has 1 atom stereocenters. The van der Waals surface area contributed by atoms with E-state index >= 15 is 0 Å². The summed E-state index contributed by atoms with van der Waals surface area (Å²) in [6.07, 6.45) is 3.64. The van der Waals surface area contributed by atoms with Gasteiger partial charge in [0.25, 0.3) is 0 Å². The van der Waals surface area contributed by atoms with Crippen LogP contribution in [0.5, 0.6) is 0 Å². The molecule has 110 valence electrons. The highest BCUT2D eigenvalue weighted by Gasteiger charge is 2.05. The predicted octanol–water partition coefficient (Wildman–Crippen LogP) is -0.721. The topological polar surface area (TPSA) is 133 Å². The summed E-state index contributed by atoms with van der Waals surface area (Å²) < 4.78 is 0. The molecule has 0 bridgehead atoms. The Balaban J connectivity index is 3.91. The highest BCUT2D eigenvalue weighted by Crippen LogP contribution is 1.90. The van der Waals surface area contributed by atoms with Crippen molar-refractivity contribution >= 4 is 23.8 Å². The maximum absolute atomic E-state index is 11.2. The predicted molar refractivity (Wildman–Crippen MR) is 68.8 cm³/mol. The van der Waals surface area contributed by atoms with Gasteiger partial charge >= 0.3 is 11.9 Å². The summed E-state index contributed by atoms with van der Waals surface area (Å²) in [5.41, 5.74) is 0. The Hall–Kier alpha value is -2.64. The number of hydrogen-bond acceptors (Lipinski definition) is 4. The van der Waals surface area contributed by atoms with Crippen molar-refractivity contribution in [1.82, 2.24) is 10.6 Å². The minimum absolute atomic E-state index is 0.243. The Morgan fingerprint density at radius 3 is 1.95 bits per heavy atom. The van der Waals surface area contributed by atoms with E-state index in [9.17, 15) is 19.2 Å². The first-order valence-corrected chi connectivity index (χ1v) is 5.71. The maximum atomic E-state index is 11.2. The van der Waals surface area contributed by atoms with Crippen molar-refractivity contribution in [1.29, 1.82) is 0 Å². The largest absolute Gasteiger partial charge is 0.478 e. The molecule has 0 aromatic rings. The van der Waals surface area contributed by atoms with Crippen LogP contribution in [0.1, 0.15) is 13.3 Å². The molecule has 0 rings (SSSR count). The highest BCUT2D eigenvalue weighted by atomic mass is 16.4. The van der Waals surface area contributed by atoms with Crippen LogP contribution < -0.4 is 10.6 Å². The number of carbonyl (C=O) groups is 4. The molecule has 0 fully saturated rings. The molecule has 0 radical (unpaired) electrons. The Bertz CT molecular complexity index is 441. The van der Waals surface area contributed by atoms with Gasteiger partial charge in [0.1, 0.15) is 0 Å². The summed E-state index contributed by atoms with van der Waals surface area (Å²) in [6.45, 7) is 1.93. The molecule has 4 N–H and O–H groups in total. The molecule has 0 aliphatic heterocycles. The van der Waals surface area contributed by atoms with Crippen LogP contribution in [0.3, 0.4) is 0 Å². The summed E-state index contributed by atoms with van der Waals surface area (Å²) in [5.74, 6) is -3.52. The first-order chi connectivity index (χ1) is 9.31. The molecule has 20 heavy (non-hydrogen) atoms. The fourth-order valence-corrected chi connectivity index (χ4v) is 1.13. The van der Waals surface area contributed by atoms with E-state index in [1.165, 1.54) is 0 Å². The molecule has 0 aliphatic carbocycles. The molecule has 0 aromatic heterocycles. The monoisotopic (exact) mass is 284 g/mol. The van der Waals surface area contributed by atoms with Gasteiger partial charge in [-0.05, 0) is 13.3 Å². The fraction of sp³-hybridized carbons (Fsp3) is 0.333. The SMILES string of the molecule is CC(CCNC(=O)/C=C\C(=O)O)NC(=O)/C=C\C(=O)O. The summed E-state index contributed by atoms with van der Waals surface area (Å²) in [4.78, 5) is 42.6. The minimum atomic E-state index is -1.22. The van der Waals surface area contributed by atoms with Crippen molar-refractivity contribution in [3.63, 3.8) is 0 Å². The summed E-state index contributed by atoms with van der Waals surface area (Å²) in [7, 11) is 0. The fourth-order valence-electron chi connectivity index (χ4n) is 1.13. The second-order valence-corrected chi connectivity index (χ2v) is 3.83. The number of hydrogen-bond donors (Lipinski definition) is 4. The van der Waals surface area contributed by atoms with Crippen LogP contribution in [0.2, 0.25) is 0 Å². The quantitative estimate of drug-likeness (QED) is 0.435. The zero-order chi connectivity index (χ0) is 15.5. The van der Waals surface area contributed by atoms with E-state index in [4.69, 9.17) is 10.2 Å². The van der Waals surface area contributed by atoms with E-state index in [1.807, 2.05) is 0 Å². The van der Waals surface area contributed by atoms with E-state index < -0.39 is 23.8 Å². The molecular weight excluding hydrogens is 268 g/mol. The van der Waals surface area contributed by atoms with Crippen molar-refractivity contribution in [2.75, 3.05) is 6.54 Å². The number of carbonyl (C=O) groups excluding carboxylic acids is 2. The van der Waals surface area contributed by atoms with Crippen molar-refractivity contribution in [3.05, 3.63) is 24.3 Å². The van der Waals surface area contributed by atoms with Gasteiger partial charge in [-0.1, -0.05) is 0 Å². The molecular formula is C12H16N2O6. The smallest absolute Gasteiger partial charge is 0.328 e. The third-order valence-electron chi connectivity index (χ3n) is 2.02. The van der Waals surface area contributed by atoms with Gasteiger partial charge in [-0.2, -0.15) is 0 Å². The zero-order valence-electron chi connectivity index (χ0n) is 10.8. The summed E-state index contributed by atoms with van der Waals surface area (Å²) in [5, 5.41) is 21.6. The lowest BCUT2D eigenvalue weighted by Gasteiger charge is -2.12. The third-order valence-corrected chi connectivity index (χ3v) is 2.02. The Labute approximate surface area is 115 Å². The lowest BCUT2D eigenvalue weighted by Crippen LogP contribution is -2.35. The zero-order valence-corrected chi connectivity index (χ0v) is 10.8. The van der Waals surface area contributed by atoms with Gasteiger partial charge in [0.2, 0.25) is 11.8 Å². The summed E-state index contributed by atoms with van der Waals surface area (Å²) in [6, 6.07) is -0.273. The second kappa shape index (κ2) is 9.31. The molecule has 8 nitrogen and oxygen atoms in total. The Morgan fingerprint density at radius 1 is 0.950 bits per heavy atom. The first kappa shape index (κ1) is 17.4. The van der Waals surface area contributed by atoms with Crippen LogP contribution in [-0.2, 0) is 19.2 Å². The van der Waals surface area contributed by atoms with Crippen LogP contribution in [-0.4, -0.2) is 46.6 Å². The highest BCUT2D eigenvalue weighted by molar-refractivity contribution is 5.94. The van der Waals surface area contributed by atoms with E-state index in [0.29, 0.717) is 6.42 Å². The first-order valence-electron chi connectivity index (χ1n) is 5.71. The van der Waals surface area contributed by atoms with Crippen molar-refractivity contribution in [3.8, 4) is 0 Å². The van der Waals surface area contributed by atoms with Crippen LogP contribution in [0, 0.1) is 0 Å². The van der Waals surface area contributed by atoms with Crippen molar-refractivity contribution < 1.29 is 29.4 Å². The molecule has 8 heteroatoms. The molecule has 0 saturated heterocycles. The van der Waals surface area contributed by atoms with E-state index in [2.05, 4.69) is 10.6 Å². The van der Waals surface area contributed by atoms with Crippen LogP contribution >= 0.6 is 0 Å². The van der Waals surface area contributed by atoms with E-state index in [0.717, 1.165) is 24.3 Å². The number of carboxylic acid groups (broad SMARTS) is 2. The van der Waals surface area contributed by atoms with Gasteiger partial charge in [-0.3, -0.25) is 9.59 Å². The minimum Gasteiger partial charge on any atom is -0.478 e. The number of rotatable bonds is 8. The molecule has 0 heterocycles. The lowest BCUT2D eigenvalue weighted by molar-refractivity contribution is -0.132. The van der Waals surface area contributed by atoms with Gasteiger partial charge in [0.05, 0.1) is 0 Å². The average Bonchev–Trinajstić information content (AvgIpc) is 2.33. The Kier molecular flexibility index (Phi) is 8.08. The lowest BCUT2D eigenvalue weighted by atomic mass is 10.2. The van der Waals surface area contributed by atoms with Gasteiger partial charge in [-0.25, -0.2) is 9.59 Å². The van der Waals surface area contributed by atoms with Crippen LogP contribution in [0.25, 0.3) is 0 Å². The van der Waals surface area contributed by atoms with E-state index in [-0.39, 0.29) is 12.6 Å². The standard InChI is InChI=1S/C12H16N2O6/c1-8(14-10(16)3-5-12(19)20)6-7-13-9(15)2-4-11(17)18/h2-5,8H,6-7H2,1H3,(H,13,15)(H,14,16)(H,17,18)(H,19,20)/b4-2-,5-3-. The normalized spacial score (nSPS) is 12.2. The molecule has 0 aromatic carbocycles. The van der Waals surface area contributed by atoms with Gasteiger partial charge in [-0.15, -0.1) is 0 Å². The van der Waals surface area contributed by atoms with Crippen molar-refractivity contribution in [2.24, 2.45) is 0 Å². The number of aliphatic carboxylic acids is 2. The number of amides is 2. The van der Waals surface area contributed by atoms with Crippen LogP contribution in [0.4, 0.5) is 0 Å². The maximum Gasteiger partial charge on any atom is 0.328 e. The average molecular weight is 284 g/mol. The third kappa shape index (κ3) is 10.5. The molecule has 0 saturated carbocycles. The second-order valence-electron chi connectivity index (χ2n) is 3.83. The number of nitrogens with one attached hydrogen (secondary N) is 2. The molecule has 0 aliphatic rings. The van der Waals surface area contributed by atoms with Crippen LogP contribution in [0.15, 0.2) is 24.3 Å². The Morgan fingerprint density at radius 2 is 1.45 bits per heavy atom. The van der Waals surface area contributed by atoms with Crippen molar-refractivity contribution in [2.45, 2.75) is 19.4 Å². The number of carboxylic acids is 2.